The van der Waals surface area contributed by atoms with Crippen molar-refractivity contribution in [1.82, 2.24) is 9.97 Å². The van der Waals surface area contributed by atoms with E-state index in [4.69, 9.17) is 5.73 Å². The van der Waals surface area contributed by atoms with E-state index in [1.807, 2.05) is 32.2 Å². The van der Waals surface area contributed by atoms with Gasteiger partial charge in [0.15, 0.2) is 0 Å². The maximum absolute atomic E-state index is 5.93. The summed E-state index contributed by atoms with van der Waals surface area (Å²) in [5.41, 5.74) is 10.6. The van der Waals surface area contributed by atoms with Gasteiger partial charge in [-0.25, -0.2) is 0 Å². The van der Waals surface area contributed by atoms with Gasteiger partial charge in [-0.05, 0) is 37.1 Å². The third-order valence-electron chi connectivity index (χ3n) is 2.35. The number of anilines is 1. The topological polar surface area (TPSA) is 51.8 Å². The number of nitrogen functional groups attached to an aromatic ring is 1. The molecule has 0 aliphatic heterocycles. The number of nitrogens with zero attached hydrogens (tertiary/aromatic N) is 2. The molecule has 0 saturated heterocycles. The average Bonchev–Trinajstić information content (AvgIpc) is 2.20. The largest absolute Gasteiger partial charge is 0.397 e. The first kappa shape index (κ1) is 9.65. The van der Waals surface area contributed by atoms with Gasteiger partial charge in [0.25, 0.3) is 0 Å². The highest BCUT2D eigenvalue weighted by Gasteiger charge is 2.06. The van der Waals surface area contributed by atoms with Crippen molar-refractivity contribution in [3.05, 3.63) is 41.9 Å². The number of hydrogen-bond acceptors (Lipinski definition) is 3. The lowest BCUT2D eigenvalue weighted by molar-refractivity contribution is 1.23. The van der Waals surface area contributed by atoms with E-state index in [1.165, 1.54) is 0 Å². The quantitative estimate of drug-likeness (QED) is 0.767. The van der Waals surface area contributed by atoms with E-state index in [2.05, 4.69) is 9.97 Å². The Labute approximate surface area is 89.0 Å². The van der Waals surface area contributed by atoms with Gasteiger partial charge in [0.1, 0.15) is 0 Å². The lowest BCUT2D eigenvalue weighted by Crippen LogP contribution is -1.96. The molecule has 0 aliphatic rings. The fraction of sp³-hybridized carbons (Fsp3) is 0.167. The van der Waals surface area contributed by atoms with Crippen molar-refractivity contribution in [3.63, 3.8) is 0 Å². The zero-order valence-corrected chi connectivity index (χ0v) is 8.86. The third kappa shape index (κ3) is 1.81. The van der Waals surface area contributed by atoms with Crippen LogP contribution in [0.15, 0.2) is 30.7 Å². The highest BCUT2D eigenvalue weighted by atomic mass is 14.7. The molecule has 3 nitrogen and oxygen atoms in total. The van der Waals surface area contributed by atoms with Gasteiger partial charge >= 0.3 is 0 Å². The first-order valence-corrected chi connectivity index (χ1v) is 4.81. The molecule has 0 atom stereocenters. The summed E-state index contributed by atoms with van der Waals surface area (Å²) < 4.78 is 0. The van der Waals surface area contributed by atoms with Gasteiger partial charge in [-0.15, -0.1) is 0 Å². The van der Waals surface area contributed by atoms with Gasteiger partial charge in [-0.2, -0.15) is 0 Å². The minimum Gasteiger partial charge on any atom is -0.397 e. The molecule has 76 valence electrons. The molecule has 0 bridgehead atoms. The summed E-state index contributed by atoms with van der Waals surface area (Å²) in [6.45, 7) is 4.00. The summed E-state index contributed by atoms with van der Waals surface area (Å²) in [6.07, 6.45) is 5.38. The number of hydrogen-bond donors (Lipinski definition) is 1. The molecule has 2 aromatic heterocycles. The van der Waals surface area contributed by atoms with Crippen LogP contribution in [-0.4, -0.2) is 9.97 Å². The van der Waals surface area contributed by atoms with Gasteiger partial charge in [0.2, 0.25) is 0 Å². The number of rotatable bonds is 1. The maximum Gasteiger partial charge on any atom is 0.0949 e. The Morgan fingerprint density at radius 1 is 1.20 bits per heavy atom. The van der Waals surface area contributed by atoms with Crippen molar-refractivity contribution in [1.29, 1.82) is 0 Å². The molecule has 0 aliphatic carbocycles. The summed E-state index contributed by atoms with van der Waals surface area (Å²) in [6, 6.07) is 3.88. The fourth-order valence-corrected chi connectivity index (χ4v) is 1.53. The van der Waals surface area contributed by atoms with Gasteiger partial charge < -0.3 is 5.73 Å². The normalized spacial score (nSPS) is 10.3. The second kappa shape index (κ2) is 3.69. The Morgan fingerprint density at radius 3 is 2.67 bits per heavy atom. The Kier molecular flexibility index (Phi) is 2.37. The van der Waals surface area contributed by atoms with Crippen molar-refractivity contribution in [3.8, 4) is 11.3 Å². The van der Waals surface area contributed by atoms with Crippen LogP contribution in [0.5, 0.6) is 0 Å². The first-order valence-electron chi connectivity index (χ1n) is 4.81. The van der Waals surface area contributed by atoms with Gasteiger partial charge in [-0.1, -0.05) is 0 Å². The molecule has 0 fully saturated rings. The minimum absolute atomic E-state index is 0.700. The molecule has 0 aromatic carbocycles. The fourth-order valence-electron chi connectivity index (χ4n) is 1.53. The van der Waals surface area contributed by atoms with Crippen LogP contribution in [0.25, 0.3) is 11.3 Å². The van der Waals surface area contributed by atoms with Crippen LogP contribution in [0.4, 0.5) is 5.69 Å². The van der Waals surface area contributed by atoms with E-state index < -0.39 is 0 Å². The highest BCUT2D eigenvalue weighted by Crippen LogP contribution is 2.25. The molecule has 0 amide bonds. The molecule has 0 radical (unpaired) electrons. The molecule has 0 unspecified atom stereocenters. The number of pyridine rings is 2. The van der Waals surface area contributed by atoms with E-state index in [9.17, 15) is 0 Å². The number of nitrogens with two attached hydrogens (primary N) is 1. The summed E-state index contributed by atoms with van der Waals surface area (Å²) >= 11 is 0. The number of aromatic nitrogens is 2. The van der Waals surface area contributed by atoms with Crippen LogP contribution in [0, 0.1) is 13.8 Å². The van der Waals surface area contributed by atoms with Crippen LogP contribution < -0.4 is 5.73 Å². The van der Waals surface area contributed by atoms with E-state index >= 15 is 0 Å². The van der Waals surface area contributed by atoms with Gasteiger partial charge in [-0.3, -0.25) is 9.97 Å². The maximum atomic E-state index is 5.93. The van der Waals surface area contributed by atoms with Crippen molar-refractivity contribution < 1.29 is 0 Å². The Morgan fingerprint density at radius 2 is 2.00 bits per heavy atom. The monoisotopic (exact) mass is 199 g/mol. The first-order chi connectivity index (χ1) is 7.18. The van der Waals surface area contributed by atoms with Crippen molar-refractivity contribution in [2.45, 2.75) is 13.8 Å². The number of aryl methyl sites for hydroxylation is 2. The standard InChI is InChI=1S/C12H13N3/c1-8-5-11(13)12(15-6-8)10-7-14-4-3-9(10)2/h3-7H,13H2,1-2H3. The molecular weight excluding hydrogens is 186 g/mol. The summed E-state index contributed by atoms with van der Waals surface area (Å²) in [4.78, 5) is 8.43. The lowest BCUT2D eigenvalue weighted by atomic mass is 10.1. The highest BCUT2D eigenvalue weighted by molar-refractivity contribution is 5.74. The van der Waals surface area contributed by atoms with Crippen molar-refractivity contribution in [2.75, 3.05) is 5.73 Å². The predicted molar refractivity (Wildman–Crippen MR) is 61.4 cm³/mol. The molecule has 2 heterocycles. The average molecular weight is 199 g/mol. The molecule has 2 N–H and O–H groups in total. The van der Waals surface area contributed by atoms with Crippen molar-refractivity contribution >= 4 is 5.69 Å². The van der Waals surface area contributed by atoms with E-state index in [0.29, 0.717) is 5.69 Å². The smallest absolute Gasteiger partial charge is 0.0949 e. The lowest BCUT2D eigenvalue weighted by Gasteiger charge is -2.07. The molecule has 0 spiro atoms. The molecule has 2 aromatic rings. The van der Waals surface area contributed by atoms with Crippen molar-refractivity contribution in [2.24, 2.45) is 0 Å². The summed E-state index contributed by atoms with van der Waals surface area (Å²) in [7, 11) is 0. The third-order valence-corrected chi connectivity index (χ3v) is 2.35. The van der Waals surface area contributed by atoms with Crippen LogP contribution in [0.1, 0.15) is 11.1 Å². The summed E-state index contributed by atoms with van der Waals surface area (Å²) in [5.74, 6) is 0. The molecule has 3 heteroatoms. The zero-order chi connectivity index (χ0) is 10.8. The second-order valence-electron chi connectivity index (χ2n) is 3.64. The molecular formula is C12H13N3. The SMILES string of the molecule is Cc1cnc(-c2cnccc2C)c(N)c1. The molecule has 2 rings (SSSR count). The molecule has 15 heavy (non-hydrogen) atoms. The van der Waals surface area contributed by atoms with Gasteiger partial charge in [0.05, 0.1) is 11.4 Å². The van der Waals surface area contributed by atoms with E-state index in [1.54, 1.807) is 12.4 Å². The Bertz CT molecular complexity index is 492. The Hall–Kier alpha value is -1.90. The minimum atomic E-state index is 0.700. The van der Waals surface area contributed by atoms with Crippen LogP contribution >= 0.6 is 0 Å². The van der Waals surface area contributed by atoms with Crippen LogP contribution in [-0.2, 0) is 0 Å². The zero-order valence-electron chi connectivity index (χ0n) is 8.86. The Balaban J connectivity index is 2.60. The summed E-state index contributed by atoms with van der Waals surface area (Å²) in [5, 5.41) is 0. The van der Waals surface area contributed by atoms with Gasteiger partial charge in [0, 0.05) is 24.2 Å². The van der Waals surface area contributed by atoms with E-state index in [-0.39, 0.29) is 0 Å². The van der Waals surface area contributed by atoms with Crippen LogP contribution in [0.2, 0.25) is 0 Å². The second-order valence-corrected chi connectivity index (χ2v) is 3.64. The van der Waals surface area contributed by atoms with Crippen LogP contribution in [0.3, 0.4) is 0 Å². The van der Waals surface area contributed by atoms with E-state index in [0.717, 1.165) is 22.4 Å². The predicted octanol–water partition coefficient (Wildman–Crippen LogP) is 2.34. The molecule has 0 saturated carbocycles.